The van der Waals surface area contributed by atoms with Gasteiger partial charge >= 0.3 is 0 Å². The molecule has 1 aliphatic heterocycles. The number of ether oxygens (including phenoxy) is 1. The Kier molecular flexibility index (Phi) is 3.01. The van der Waals surface area contributed by atoms with Gasteiger partial charge in [-0.25, -0.2) is 0 Å². The number of Topliss-reactive ketones (excluding diaryl/α,β-unsaturated/α-hetero) is 1. The van der Waals surface area contributed by atoms with Crippen LogP contribution in [-0.4, -0.2) is 17.8 Å². The molecule has 1 aromatic carbocycles. The second kappa shape index (κ2) is 4.68. The maximum atomic E-state index is 11.6. The molecule has 1 fully saturated rings. The van der Waals surface area contributed by atoms with Gasteiger partial charge in [0.05, 0.1) is 5.69 Å². The lowest BCUT2D eigenvalue weighted by atomic mass is 9.83. The molecule has 1 unspecified atom stereocenters. The smallest absolute Gasteiger partial charge is 0.265 e. The van der Waals surface area contributed by atoms with Crippen LogP contribution in [0.4, 0.5) is 5.69 Å². The van der Waals surface area contributed by atoms with Gasteiger partial charge in [0.15, 0.2) is 6.10 Å². The molecule has 1 amide bonds. The van der Waals surface area contributed by atoms with Crippen LogP contribution in [0.15, 0.2) is 18.2 Å². The first kappa shape index (κ1) is 12.2. The van der Waals surface area contributed by atoms with Crippen molar-refractivity contribution in [1.82, 2.24) is 0 Å². The average Bonchev–Trinajstić information content (AvgIpc) is 2.40. The van der Waals surface area contributed by atoms with E-state index in [9.17, 15) is 9.59 Å². The Hall–Kier alpha value is -1.84. The van der Waals surface area contributed by atoms with Gasteiger partial charge in [-0.1, -0.05) is 6.07 Å². The van der Waals surface area contributed by atoms with Crippen molar-refractivity contribution in [3.63, 3.8) is 0 Å². The molecule has 0 radical (unpaired) electrons. The van der Waals surface area contributed by atoms with Crippen molar-refractivity contribution in [3.8, 4) is 5.75 Å². The van der Waals surface area contributed by atoms with E-state index in [4.69, 9.17) is 4.74 Å². The largest absolute Gasteiger partial charge is 0.479 e. The molecule has 1 atom stereocenters. The van der Waals surface area contributed by atoms with Crippen molar-refractivity contribution in [2.24, 2.45) is 0 Å². The summed E-state index contributed by atoms with van der Waals surface area (Å²) in [5.74, 6) is 1.39. The minimum Gasteiger partial charge on any atom is -0.479 e. The summed E-state index contributed by atoms with van der Waals surface area (Å²) >= 11 is 0. The number of anilines is 1. The quantitative estimate of drug-likeness (QED) is 0.843. The highest BCUT2D eigenvalue weighted by atomic mass is 16.5. The lowest BCUT2D eigenvalue weighted by Gasteiger charge is -2.26. The molecule has 1 aromatic rings. The van der Waals surface area contributed by atoms with Crippen LogP contribution in [-0.2, 0) is 9.59 Å². The fourth-order valence-electron chi connectivity index (χ4n) is 2.75. The topological polar surface area (TPSA) is 55.4 Å². The molecule has 0 bridgehead atoms. The van der Waals surface area contributed by atoms with E-state index in [1.807, 2.05) is 18.2 Å². The molecule has 100 valence electrons. The number of carbonyl (C=O) groups excluding carboxylic acids is 2. The molecule has 4 heteroatoms. The van der Waals surface area contributed by atoms with Crippen LogP contribution in [0.5, 0.6) is 5.75 Å². The summed E-state index contributed by atoms with van der Waals surface area (Å²) in [6.45, 7) is 1.74. The van der Waals surface area contributed by atoms with Gasteiger partial charge in [0.1, 0.15) is 11.5 Å². The normalized spacial score (nSPS) is 23.5. The standard InChI is InChI=1S/C15H17NO3/c1-9-15(18)16-13-8-11(4-7-14(13)19-9)10-2-5-12(17)6-3-10/h4,7-10H,2-3,5-6H2,1H3,(H,16,18). The van der Waals surface area contributed by atoms with Crippen LogP contribution in [0, 0.1) is 0 Å². The Balaban J connectivity index is 1.83. The number of amides is 1. The van der Waals surface area contributed by atoms with Gasteiger partial charge < -0.3 is 10.1 Å². The first-order valence-corrected chi connectivity index (χ1v) is 6.76. The van der Waals surface area contributed by atoms with Gasteiger partial charge in [-0.05, 0) is 43.4 Å². The number of hydrogen-bond acceptors (Lipinski definition) is 3. The number of ketones is 1. The van der Waals surface area contributed by atoms with Crippen molar-refractivity contribution >= 4 is 17.4 Å². The predicted octanol–water partition coefficient (Wildman–Crippen LogP) is 2.63. The van der Waals surface area contributed by atoms with Gasteiger partial charge in [0.2, 0.25) is 0 Å². The molecule has 1 aliphatic carbocycles. The lowest BCUT2D eigenvalue weighted by Crippen LogP contribution is -2.34. The molecule has 0 spiro atoms. The van der Waals surface area contributed by atoms with Gasteiger partial charge in [0.25, 0.3) is 5.91 Å². The molecular weight excluding hydrogens is 242 g/mol. The summed E-state index contributed by atoms with van der Waals surface area (Å²) in [5, 5.41) is 2.87. The maximum Gasteiger partial charge on any atom is 0.265 e. The van der Waals surface area contributed by atoms with Gasteiger partial charge in [-0.15, -0.1) is 0 Å². The van der Waals surface area contributed by atoms with Crippen LogP contribution in [0.1, 0.15) is 44.1 Å². The number of nitrogens with one attached hydrogen (secondary N) is 1. The number of benzene rings is 1. The van der Waals surface area contributed by atoms with E-state index in [0.29, 0.717) is 24.5 Å². The van der Waals surface area contributed by atoms with E-state index < -0.39 is 6.10 Å². The third-order valence-electron chi connectivity index (χ3n) is 3.95. The Bertz CT molecular complexity index is 528. The van der Waals surface area contributed by atoms with Gasteiger partial charge in [-0.2, -0.15) is 0 Å². The van der Waals surface area contributed by atoms with Crippen LogP contribution >= 0.6 is 0 Å². The summed E-state index contributed by atoms with van der Waals surface area (Å²) < 4.78 is 5.54. The SMILES string of the molecule is CC1Oc2ccc(C3CCC(=O)CC3)cc2NC1=O. The van der Waals surface area contributed by atoms with E-state index in [0.717, 1.165) is 24.3 Å². The van der Waals surface area contributed by atoms with E-state index >= 15 is 0 Å². The molecule has 2 aliphatic rings. The van der Waals surface area contributed by atoms with Crippen LogP contribution < -0.4 is 10.1 Å². The van der Waals surface area contributed by atoms with E-state index in [1.165, 1.54) is 5.56 Å². The van der Waals surface area contributed by atoms with Crippen molar-refractivity contribution < 1.29 is 14.3 Å². The first-order valence-electron chi connectivity index (χ1n) is 6.76. The summed E-state index contributed by atoms with van der Waals surface area (Å²) in [4.78, 5) is 22.9. The van der Waals surface area contributed by atoms with E-state index in [1.54, 1.807) is 6.92 Å². The molecular formula is C15H17NO3. The van der Waals surface area contributed by atoms with Gasteiger partial charge in [0, 0.05) is 12.8 Å². The molecule has 1 heterocycles. The number of hydrogen-bond donors (Lipinski definition) is 1. The summed E-state index contributed by atoms with van der Waals surface area (Å²) in [6.07, 6.45) is 2.71. The zero-order valence-corrected chi connectivity index (χ0v) is 10.9. The summed E-state index contributed by atoms with van der Waals surface area (Å²) in [7, 11) is 0. The summed E-state index contributed by atoms with van der Waals surface area (Å²) in [5.41, 5.74) is 1.93. The minimum atomic E-state index is -0.439. The fourth-order valence-corrected chi connectivity index (χ4v) is 2.75. The van der Waals surface area contributed by atoms with Crippen molar-refractivity contribution in [1.29, 1.82) is 0 Å². The number of rotatable bonds is 1. The third-order valence-corrected chi connectivity index (χ3v) is 3.95. The summed E-state index contributed by atoms with van der Waals surface area (Å²) in [6, 6.07) is 5.94. The van der Waals surface area contributed by atoms with Gasteiger partial charge in [-0.3, -0.25) is 9.59 Å². The lowest BCUT2D eigenvalue weighted by molar-refractivity contribution is -0.122. The number of fused-ring (bicyclic) bond motifs is 1. The van der Waals surface area contributed by atoms with Crippen LogP contribution in [0.25, 0.3) is 0 Å². The Morgan fingerprint density at radius 1 is 1.21 bits per heavy atom. The maximum absolute atomic E-state index is 11.6. The molecule has 0 aromatic heterocycles. The zero-order valence-electron chi connectivity index (χ0n) is 10.9. The Morgan fingerprint density at radius 2 is 1.95 bits per heavy atom. The van der Waals surface area contributed by atoms with Crippen molar-refractivity contribution in [2.75, 3.05) is 5.32 Å². The second-order valence-electron chi connectivity index (χ2n) is 5.32. The molecule has 3 rings (SSSR count). The molecule has 19 heavy (non-hydrogen) atoms. The molecule has 0 saturated heterocycles. The highest BCUT2D eigenvalue weighted by molar-refractivity contribution is 5.97. The predicted molar refractivity (Wildman–Crippen MR) is 71.4 cm³/mol. The van der Waals surface area contributed by atoms with Crippen LogP contribution in [0.3, 0.4) is 0 Å². The Morgan fingerprint density at radius 3 is 2.68 bits per heavy atom. The average molecular weight is 259 g/mol. The molecule has 4 nitrogen and oxygen atoms in total. The first-order chi connectivity index (χ1) is 9.13. The molecule has 1 N–H and O–H groups in total. The van der Waals surface area contributed by atoms with Crippen molar-refractivity contribution in [2.45, 2.75) is 44.6 Å². The van der Waals surface area contributed by atoms with E-state index in [-0.39, 0.29) is 5.91 Å². The Labute approximate surface area is 112 Å². The second-order valence-corrected chi connectivity index (χ2v) is 5.32. The monoisotopic (exact) mass is 259 g/mol. The van der Waals surface area contributed by atoms with Crippen LogP contribution in [0.2, 0.25) is 0 Å². The molecule has 1 saturated carbocycles. The zero-order chi connectivity index (χ0) is 13.4. The number of carbonyl (C=O) groups is 2. The minimum absolute atomic E-state index is 0.108. The highest BCUT2D eigenvalue weighted by Crippen LogP contribution is 2.37. The highest BCUT2D eigenvalue weighted by Gasteiger charge is 2.26. The van der Waals surface area contributed by atoms with Crippen molar-refractivity contribution in [3.05, 3.63) is 23.8 Å². The third kappa shape index (κ3) is 2.35. The van der Waals surface area contributed by atoms with E-state index in [2.05, 4.69) is 5.32 Å². The fraction of sp³-hybridized carbons (Fsp3) is 0.467.